The summed E-state index contributed by atoms with van der Waals surface area (Å²) in [6, 6.07) is 9.84. The van der Waals surface area contributed by atoms with E-state index in [1.54, 1.807) is 7.11 Å². The highest BCUT2D eigenvalue weighted by atomic mass is 79.9. The number of benzene rings is 2. The number of hydrogen-bond donors (Lipinski definition) is 1. The summed E-state index contributed by atoms with van der Waals surface area (Å²) in [5, 5.41) is 10.7. The van der Waals surface area contributed by atoms with E-state index in [9.17, 15) is 5.11 Å². The second kappa shape index (κ2) is 5.98. The van der Waals surface area contributed by atoms with Crippen LogP contribution in [0.25, 0.3) is 0 Å². The van der Waals surface area contributed by atoms with Gasteiger partial charge in [-0.2, -0.15) is 0 Å². The molecule has 0 heterocycles. The minimum absolute atomic E-state index is 0.683. The van der Waals surface area contributed by atoms with Gasteiger partial charge in [0.05, 0.1) is 7.11 Å². The van der Waals surface area contributed by atoms with E-state index in [4.69, 9.17) is 4.74 Å². The third kappa shape index (κ3) is 2.89. The Kier molecular flexibility index (Phi) is 4.51. The number of hydrogen-bond acceptors (Lipinski definition) is 2. The molecule has 1 N–H and O–H groups in total. The van der Waals surface area contributed by atoms with Crippen LogP contribution in [0.3, 0.4) is 0 Å². The summed E-state index contributed by atoms with van der Waals surface area (Å²) in [5.41, 5.74) is 5.21. The number of methoxy groups -OCH3 is 1. The number of rotatable bonds is 3. The summed E-state index contributed by atoms with van der Waals surface area (Å²) in [5.74, 6) is 0.685. The lowest BCUT2D eigenvalue weighted by molar-refractivity contribution is 0.214. The van der Waals surface area contributed by atoms with Gasteiger partial charge in [-0.05, 0) is 55.2 Å². The van der Waals surface area contributed by atoms with E-state index in [0.29, 0.717) is 5.75 Å². The second-order valence-electron chi connectivity index (χ2n) is 5.08. The van der Waals surface area contributed by atoms with Crippen molar-refractivity contribution in [1.82, 2.24) is 0 Å². The van der Waals surface area contributed by atoms with Crippen LogP contribution in [0.15, 0.2) is 34.8 Å². The molecule has 0 radical (unpaired) electrons. The van der Waals surface area contributed by atoms with E-state index in [1.165, 1.54) is 11.1 Å². The lowest BCUT2D eigenvalue weighted by Gasteiger charge is -2.19. The fourth-order valence-corrected chi connectivity index (χ4v) is 2.70. The molecule has 106 valence electrons. The van der Waals surface area contributed by atoms with Crippen molar-refractivity contribution in [2.24, 2.45) is 0 Å². The molecule has 1 unspecified atom stereocenters. The van der Waals surface area contributed by atoms with Gasteiger partial charge in [0.2, 0.25) is 0 Å². The molecule has 2 rings (SSSR count). The summed E-state index contributed by atoms with van der Waals surface area (Å²) in [6.07, 6.45) is -0.683. The summed E-state index contributed by atoms with van der Waals surface area (Å²) in [6.45, 7) is 6.17. The molecular weight excluding hydrogens is 316 g/mol. The molecule has 0 aliphatic carbocycles. The Bertz CT molecular complexity index is 635. The van der Waals surface area contributed by atoms with Crippen LogP contribution in [-0.4, -0.2) is 12.2 Å². The Labute approximate surface area is 128 Å². The molecule has 2 aromatic rings. The van der Waals surface area contributed by atoms with Crippen LogP contribution >= 0.6 is 15.9 Å². The number of aryl methyl sites for hydroxylation is 3. The standard InChI is InChI=1S/C17H19BrO2/c1-10-7-12(3)15(8-11(10)2)17(19)14-6-5-13(18)9-16(14)20-4/h5-9,17,19H,1-4H3. The first-order chi connectivity index (χ1) is 9.43. The van der Waals surface area contributed by atoms with Crippen molar-refractivity contribution in [3.63, 3.8) is 0 Å². The van der Waals surface area contributed by atoms with Crippen LogP contribution in [0.5, 0.6) is 5.75 Å². The Balaban J connectivity index is 2.51. The molecule has 0 bridgehead atoms. The van der Waals surface area contributed by atoms with Crippen molar-refractivity contribution in [1.29, 1.82) is 0 Å². The van der Waals surface area contributed by atoms with Crippen LogP contribution in [0, 0.1) is 20.8 Å². The summed E-state index contributed by atoms with van der Waals surface area (Å²) in [7, 11) is 1.62. The maximum atomic E-state index is 10.7. The van der Waals surface area contributed by atoms with Crippen LogP contribution < -0.4 is 4.74 Å². The molecule has 0 aliphatic rings. The molecule has 0 spiro atoms. The van der Waals surface area contributed by atoms with Gasteiger partial charge < -0.3 is 9.84 Å². The summed E-state index contributed by atoms with van der Waals surface area (Å²) in [4.78, 5) is 0. The molecule has 0 saturated heterocycles. The molecule has 20 heavy (non-hydrogen) atoms. The fourth-order valence-electron chi connectivity index (χ4n) is 2.36. The lowest BCUT2D eigenvalue weighted by Crippen LogP contribution is -2.05. The molecule has 0 amide bonds. The minimum Gasteiger partial charge on any atom is -0.496 e. The van der Waals surface area contributed by atoms with Crippen LogP contribution in [0.4, 0.5) is 0 Å². The van der Waals surface area contributed by atoms with Gasteiger partial charge in [-0.3, -0.25) is 0 Å². The number of aliphatic hydroxyl groups is 1. The van der Waals surface area contributed by atoms with Crippen molar-refractivity contribution in [2.75, 3.05) is 7.11 Å². The molecule has 0 aromatic heterocycles. The maximum Gasteiger partial charge on any atom is 0.126 e. The van der Waals surface area contributed by atoms with Crippen LogP contribution in [0.2, 0.25) is 0 Å². The average Bonchev–Trinajstić information content (AvgIpc) is 2.42. The quantitative estimate of drug-likeness (QED) is 0.897. The second-order valence-corrected chi connectivity index (χ2v) is 6.00. The Morgan fingerprint density at radius 1 is 0.950 bits per heavy atom. The zero-order valence-corrected chi connectivity index (χ0v) is 13.8. The lowest BCUT2D eigenvalue weighted by atomic mass is 9.93. The Morgan fingerprint density at radius 3 is 2.25 bits per heavy atom. The molecule has 3 heteroatoms. The number of aliphatic hydroxyl groups excluding tert-OH is 1. The highest BCUT2D eigenvalue weighted by Gasteiger charge is 2.18. The number of halogens is 1. The largest absolute Gasteiger partial charge is 0.496 e. The Morgan fingerprint density at radius 2 is 1.60 bits per heavy atom. The monoisotopic (exact) mass is 334 g/mol. The predicted molar refractivity (Wildman–Crippen MR) is 85.4 cm³/mol. The first-order valence-electron chi connectivity index (χ1n) is 6.53. The van der Waals surface area contributed by atoms with Crippen molar-refractivity contribution in [3.8, 4) is 5.75 Å². The molecule has 0 fully saturated rings. The van der Waals surface area contributed by atoms with Gasteiger partial charge in [0.1, 0.15) is 11.9 Å². The summed E-state index contributed by atoms with van der Waals surface area (Å²) >= 11 is 3.42. The van der Waals surface area contributed by atoms with E-state index in [2.05, 4.69) is 41.9 Å². The first kappa shape index (κ1) is 15.1. The zero-order valence-electron chi connectivity index (χ0n) is 12.2. The highest BCUT2D eigenvalue weighted by Crippen LogP contribution is 2.34. The first-order valence-corrected chi connectivity index (χ1v) is 7.32. The Hall–Kier alpha value is -1.32. The van der Waals surface area contributed by atoms with Gasteiger partial charge >= 0.3 is 0 Å². The minimum atomic E-state index is -0.683. The van der Waals surface area contributed by atoms with E-state index < -0.39 is 6.10 Å². The van der Waals surface area contributed by atoms with Crippen molar-refractivity contribution in [2.45, 2.75) is 26.9 Å². The predicted octanol–water partition coefficient (Wildman–Crippen LogP) is 4.46. The van der Waals surface area contributed by atoms with Gasteiger partial charge in [0, 0.05) is 10.0 Å². The van der Waals surface area contributed by atoms with Gasteiger partial charge in [-0.15, -0.1) is 0 Å². The smallest absolute Gasteiger partial charge is 0.126 e. The van der Waals surface area contributed by atoms with Gasteiger partial charge in [-0.25, -0.2) is 0 Å². The summed E-state index contributed by atoms with van der Waals surface area (Å²) < 4.78 is 6.31. The van der Waals surface area contributed by atoms with Crippen molar-refractivity contribution >= 4 is 15.9 Å². The molecular formula is C17H19BrO2. The average molecular weight is 335 g/mol. The highest BCUT2D eigenvalue weighted by molar-refractivity contribution is 9.10. The van der Waals surface area contributed by atoms with E-state index >= 15 is 0 Å². The van der Waals surface area contributed by atoms with Gasteiger partial charge in [-0.1, -0.05) is 34.1 Å². The normalized spacial score (nSPS) is 12.3. The van der Waals surface area contributed by atoms with Crippen LogP contribution in [-0.2, 0) is 0 Å². The maximum absolute atomic E-state index is 10.7. The SMILES string of the molecule is COc1cc(Br)ccc1C(O)c1cc(C)c(C)cc1C. The van der Waals surface area contributed by atoms with Crippen molar-refractivity contribution < 1.29 is 9.84 Å². The van der Waals surface area contributed by atoms with Gasteiger partial charge in [0.15, 0.2) is 0 Å². The molecule has 1 atom stereocenters. The third-order valence-corrected chi connectivity index (χ3v) is 4.16. The van der Waals surface area contributed by atoms with Crippen LogP contribution in [0.1, 0.15) is 33.9 Å². The number of ether oxygens (including phenoxy) is 1. The van der Waals surface area contributed by atoms with E-state index in [0.717, 1.165) is 21.2 Å². The zero-order chi connectivity index (χ0) is 14.9. The van der Waals surface area contributed by atoms with E-state index in [-0.39, 0.29) is 0 Å². The molecule has 0 saturated carbocycles. The molecule has 0 aliphatic heterocycles. The fraction of sp³-hybridized carbons (Fsp3) is 0.294. The molecule has 2 nitrogen and oxygen atoms in total. The third-order valence-electron chi connectivity index (χ3n) is 3.67. The van der Waals surface area contributed by atoms with E-state index in [1.807, 2.05) is 25.1 Å². The molecule has 2 aromatic carbocycles. The van der Waals surface area contributed by atoms with Gasteiger partial charge in [0.25, 0.3) is 0 Å². The van der Waals surface area contributed by atoms with Crippen molar-refractivity contribution in [3.05, 3.63) is 62.6 Å². The topological polar surface area (TPSA) is 29.5 Å².